The number of rotatable bonds is 6. The molecule has 0 fully saturated rings. The Labute approximate surface area is 174 Å². The summed E-state index contributed by atoms with van der Waals surface area (Å²) >= 11 is 1.41. The maximum atomic E-state index is 13.3. The summed E-state index contributed by atoms with van der Waals surface area (Å²) in [7, 11) is -6.87. The van der Waals surface area contributed by atoms with Crippen LogP contribution in [0, 0.1) is 0 Å². The molecule has 0 radical (unpaired) electrons. The van der Waals surface area contributed by atoms with Crippen LogP contribution < -0.4 is 15.7 Å². The summed E-state index contributed by atoms with van der Waals surface area (Å²) in [4.78, 5) is 4.50. The van der Waals surface area contributed by atoms with Crippen molar-refractivity contribution in [2.45, 2.75) is 4.90 Å². The fourth-order valence-corrected chi connectivity index (χ4v) is 9.06. The number of hydrogen-bond acceptors (Lipinski definition) is 4. The lowest BCUT2D eigenvalue weighted by molar-refractivity contribution is 0.598. The largest absolute Gasteiger partial charge is 0.320 e. The summed E-state index contributed by atoms with van der Waals surface area (Å²) in [6.45, 7) is 0. The minimum absolute atomic E-state index is 0.164. The van der Waals surface area contributed by atoms with Crippen LogP contribution in [0.2, 0.25) is 0 Å². The van der Waals surface area contributed by atoms with Gasteiger partial charge in [-0.15, -0.1) is 15.5 Å². The highest BCUT2D eigenvalue weighted by Gasteiger charge is 2.30. The van der Waals surface area contributed by atoms with Crippen molar-refractivity contribution in [3.63, 3.8) is 0 Å². The second kappa shape index (κ2) is 8.33. The topological polar surface area (TPSA) is 71.4 Å². The quantitative estimate of drug-likeness (QED) is 0.442. The molecule has 0 bridgehead atoms. The molecule has 0 saturated carbocycles. The number of anilines is 1. The molecule has 3 aromatic carbocycles. The van der Waals surface area contributed by atoms with Crippen LogP contribution >= 0.6 is 18.5 Å². The second-order valence-electron chi connectivity index (χ2n) is 6.13. The zero-order valence-electron chi connectivity index (χ0n) is 15.3. The van der Waals surface area contributed by atoms with E-state index in [2.05, 4.69) is 14.2 Å². The molecule has 1 aromatic heterocycles. The van der Waals surface area contributed by atoms with Crippen molar-refractivity contribution < 1.29 is 8.42 Å². The molecule has 4 aromatic rings. The van der Waals surface area contributed by atoms with Crippen LogP contribution in [0.1, 0.15) is 0 Å². The van der Waals surface area contributed by atoms with E-state index in [9.17, 15) is 8.42 Å². The Morgan fingerprint density at radius 3 is 1.79 bits per heavy atom. The molecule has 0 amide bonds. The summed E-state index contributed by atoms with van der Waals surface area (Å²) in [5.74, 6) is 0. The van der Waals surface area contributed by atoms with Crippen LogP contribution in [0.15, 0.2) is 112 Å². The third kappa shape index (κ3) is 4.17. The van der Waals surface area contributed by atoms with Gasteiger partial charge in [-0.3, -0.25) is 0 Å². The average Bonchev–Trinajstić information content (AvgIpc) is 3.28. The Bertz CT molecular complexity index is 1190. The summed E-state index contributed by atoms with van der Waals surface area (Å²) < 4.78 is 31.2. The van der Waals surface area contributed by atoms with Gasteiger partial charge >= 0.3 is 0 Å². The summed E-state index contributed by atoms with van der Waals surface area (Å²) in [6, 6.07) is 27.3. The van der Waals surface area contributed by atoms with Crippen molar-refractivity contribution in [3.05, 3.63) is 103 Å². The maximum Gasteiger partial charge on any atom is 0.283 e. The highest BCUT2D eigenvalue weighted by molar-refractivity contribution is 7.97. The molecule has 8 heteroatoms. The molecule has 0 unspecified atom stereocenters. The first kappa shape index (κ1) is 19.6. The van der Waals surface area contributed by atoms with E-state index in [1.807, 2.05) is 66.0 Å². The molecule has 1 heterocycles. The summed E-state index contributed by atoms with van der Waals surface area (Å²) in [6.07, 6.45) is 1.68. The van der Waals surface area contributed by atoms with Gasteiger partial charge in [-0.2, -0.15) is 8.42 Å². The molecular weight excluding hydrogens is 421 g/mol. The van der Waals surface area contributed by atoms with Crippen LogP contribution in [0.4, 0.5) is 5.13 Å². The lowest BCUT2D eigenvalue weighted by Crippen LogP contribution is -2.23. The van der Waals surface area contributed by atoms with E-state index < -0.39 is 17.2 Å². The van der Waals surface area contributed by atoms with Crippen LogP contribution in [-0.4, -0.2) is 13.4 Å². The van der Waals surface area contributed by atoms with Crippen molar-refractivity contribution in [1.29, 1.82) is 0 Å². The second-order valence-corrected chi connectivity index (χ2v) is 11.6. The molecule has 0 saturated heterocycles. The van der Waals surface area contributed by atoms with Gasteiger partial charge in [0.05, 0.1) is 4.90 Å². The smallest absolute Gasteiger partial charge is 0.283 e. The predicted molar refractivity (Wildman–Crippen MR) is 121 cm³/mol. The van der Waals surface area contributed by atoms with Crippen molar-refractivity contribution in [1.82, 2.24) is 4.98 Å². The third-order valence-corrected chi connectivity index (χ3v) is 10.4. The van der Waals surface area contributed by atoms with Crippen LogP contribution in [0.25, 0.3) is 0 Å². The van der Waals surface area contributed by atoms with Crippen LogP contribution in [-0.2, 0) is 10.0 Å². The van der Waals surface area contributed by atoms with Gasteiger partial charge in [-0.1, -0.05) is 78.9 Å². The number of aromatic nitrogens is 1. The van der Waals surface area contributed by atoms with Gasteiger partial charge in [0.25, 0.3) is 10.0 Å². The molecular formula is C21H18N3O2PS2. The molecule has 5 nitrogen and oxygen atoms in total. The fraction of sp³-hybridized carbons (Fsp3) is 0. The molecule has 0 aliphatic rings. The monoisotopic (exact) mass is 439 g/mol. The standard InChI is InChI=1S/C21H18N3O2PS2/c25-29(26,20-14-8-3-9-15-20)24-27(18-10-4-1-5-11-18,19-12-6-2-7-13-19)23-21-22-16-17-28-21/h1-17H,(H,22,23). The average molecular weight is 440 g/mol. The van der Waals surface area contributed by atoms with E-state index in [1.165, 1.54) is 11.3 Å². The Morgan fingerprint density at radius 2 is 1.31 bits per heavy atom. The lowest BCUT2D eigenvalue weighted by atomic mass is 10.4. The number of benzene rings is 3. The Hall–Kier alpha value is -2.73. The number of nitrogens with one attached hydrogen (secondary N) is 1. The van der Waals surface area contributed by atoms with Gasteiger partial charge in [0.15, 0.2) is 5.13 Å². The van der Waals surface area contributed by atoms with Crippen molar-refractivity contribution in [2.75, 3.05) is 5.09 Å². The SMILES string of the molecule is O=S(=O)(N=P(Nc1nccs1)(c1ccccc1)c1ccccc1)c1ccccc1. The molecule has 4 rings (SSSR count). The number of hydrogen-bond donors (Lipinski definition) is 1. The Balaban J connectivity index is 2.05. The molecule has 0 aliphatic heterocycles. The molecule has 0 atom stereocenters. The van der Waals surface area contributed by atoms with E-state index in [0.717, 1.165) is 10.6 Å². The van der Waals surface area contributed by atoms with Gasteiger partial charge in [0.2, 0.25) is 0 Å². The van der Waals surface area contributed by atoms with Gasteiger partial charge in [-0.05, 0) is 12.1 Å². The van der Waals surface area contributed by atoms with Crippen LogP contribution in [0.3, 0.4) is 0 Å². The minimum atomic E-state index is -3.93. The number of thiazole rings is 1. The molecule has 1 N–H and O–H groups in total. The van der Waals surface area contributed by atoms with Crippen molar-refractivity contribution >= 4 is 44.3 Å². The molecule has 29 heavy (non-hydrogen) atoms. The van der Waals surface area contributed by atoms with E-state index in [-0.39, 0.29) is 4.90 Å². The number of sulfonamides is 1. The first-order valence-corrected chi connectivity index (χ1v) is 12.9. The number of nitrogens with zero attached hydrogens (tertiary/aromatic N) is 2. The van der Waals surface area contributed by atoms with E-state index in [1.54, 1.807) is 36.5 Å². The Kier molecular flexibility index (Phi) is 5.62. The minimum Gasteiger partial charge on any atom is -0.320 e. The van der Waals surface area contributed by atoms with Gasteiger partial charge < -0.3 is 5.09 Å². The van der Waals surface area contributed by atoms with Crippen molar-refractivity contribution in [2.24, 2.45) is 4.15 Å². The van der Waals surface area contributed by atoms with E-state index in [0.29, 0.717) is 5.13 Å². The fourth-order valence-electron chi connectivity index (χ4n) is 2.90. The maximum absolute atomic E-state index is 13.3. The Morgan fingerprint density at radius 1 is 0.793 bits per heavy atom. The normalized spacial score (nSPS) is 11.7. The van der Waals surface area contributed by atoms with Crippen molar-refractivity contribution in [3.8, 4) is 0 Å². The third-order valence-electron chi connectivity index (χ3n) is 4.22. The molecule has 146 valence electrons. The zero-order valence-corrected chi connectivity index (χ0v) is 17.8. The molecule has 0 spiro atoms. The van der Waals surface area contributed by atoms with Gasteiger partial charge in [0, 0.05) is 22.2 Å². The highest BCUT2D eigenvalue weighted by atomic mass is 32.2. The van der Waals surface area contributed by atoms with Crippen LogP contribution in [0.5, 0.6) is 0 Å². The van der Waals surface area contributed by atoms with Gasteiger partial charge in [0.1, 0.15) is 7.21 Å². The zero-order chi connectivity index (χ0) is 20.2. The first-order chi connectivity index (χ1) is 14.1. The van der Waals surface area contributed by atoms with E-state index in [4.69, 9.17) is 0 Å². The first-order valence-electron chi connectivity index (χ1n) is 8.83. The summed E-state index contributed by atoms with van der Waals surface area (Å²) in [5.41, 5.74) is 0. The summed E-state index contributed by atoms with van der Waals surface area (Å²) in [5, 5.41) is 7.49. The van der Waals surface area contributed by atoms with Gasteiger partial charge in [-0.25, -0.2) is 4.98 Å². The lowest BCUT2D eigenvalue weighted by Gasteiger charge is -2.26. The highest BCUT2D eigenvalue weighted by Crippen LogP contribution is 2.49. The van der Waals surface area contributed by atoms with E-state index >= 15 is 0 Å². The molecule has 0 aliphatic carbocycles. The predicted octanol–water partition coefficient (Wildman–Crippen LogP) is 4.71.